The molecule has 9 rings (SSSR count). The number of carbonyl (C=O) groups is 7. The van der Waals surface area contributed by atoms with Crippen molar-refractivity contribution >= 4 is 70.2 Å². The Morgan fingerprint density at radius 3 is 1.88 bits per heavy atom. The zero-order valence-corrected chi connectivity index (χ0v) is 39.8. The van der Waals surface area contributed by atoms with Crippen molar-refractivity contribution in [3.05, 3.63) is 130 Å². The van der Waals surface area contributed by atoms with Gasteiger partial charge >= 0.3 is 0 Å². The van der Waals surface area contributed by atoms with Gasteiger partial charge in [-0.3, -0.25) is 43.5 Å². The molecule has 0 spiro atoms. The van der Waals surface area contributed by atoms with E-state index in [0.29, 0.717) is 69.6 Å². The topological polar surface area (TPSA) is 235 Å². The van der Waals surface area contributed by atoms with Gasteiger partial charge in [-0.2, -0.15) is 0 Å². The molecule has 0 fully saturated rings. The van der Waals surface area contributed by atoms with Crippen LogP contribution in [-0.2, 0) is 45.2 Å². The lowest BCUT2D eigenvalue weighted by Crippen LogP contribution is -2.44. The van der Waals surface area contributed by atoms with E-state index in [1.54, 1.807) is 53.6 Å². The quantitative estimate of drug-likeness (QED) is 0.0832. The molecule has 0 bridgehead atoms. The predicted molar refractivity (Wildman–Crippen MR) is 266 cm³/mol. The number of ether oxygens (including phenoxy) is 4. The third-order valence-corrected chi connectivity index (χ3v) is 12.7. The third-order valence-electron chi connectivity index (χ3n) is 12.7. The maximum absolute atomic E-state index is 14.1. The molecule has 4 heterocycles. The number of hydrogen-bond acceptors (Lipinski definition) is 13. The lowest BCUT2D eigenvalue weighted by atomic mass is 10.1. The Morgan fingerprint density at radius 2 is 1.22 bits per heavy atom. The SMILES string of the molecule is COc1cc2c(cc1OCc1cc(COc3cc4c(cc3OC)C(=O)N3c5ccccc5C[C@H]3CN4)cc(C(=O)NCC(=O)NCC(=O)NCC(=O)NCCC(C)=O)c1)N=C[C@@H]1Cc3ccccc3N1C2=O. The summed E-state index contributed by atoms with van der Waals surface area (Å²) in [5, 5.41) is 13.3. The number of nitrogens with zero attached hydrogens (tertiary/aromatic N) is 3. The highest BCUT2D eigenvalue weighted by Crippen LogP contribution is 2.43. The average molecular weight is 977 g/mol. The molecule has 5 aromatic carbocycles. The van der Waals surface area contributed by atoms with Crippen LogP contribution >= 0.6 is 0 Å². The molecule has 0 saturated carbocycles. The number of amides is 6. The molecular weight excluding hydrogens is 925 g/mol. The van der Waals surface area contributed by atoms with Crippen LogP contribution < -0.4 is 55.3 Å². The zero-order chi connectivity index (χ0) is 50.5. The number of benzene rings is 5. The van der Waals surface area contributed by atoms with Gasteiger partial charge < -0.3 is 50.4 Å². The molecule has 370 valence electrons. The molecule has 19 heteroatoms. The molecule has 0 saturated heterocycles. The van der Waals surface area contributed by atoms with E-state index in [1.165, 1.54) is 21.1 Å². The summed E-state index contributed by atoms with van der Waals surface area (Å²) >= 11 is 0. The Kier molecular flexibility index (Phi) is 14.1. The second kappa shape index (κ2) is 21.1. The fourth-order valence-corrected chi connectivity index (χ4v) is 9.17. The van der Waals surface area contributed by atoms with E-state index in [1.807, 2.05) is 53.4 Å². The van der Waals surface area contributed by atoms with E-state index >= 15 is 0 Å². The van der Waals surface area contributed by atoms with Crippen LogP contribution in [0.15, 0.2) is 96.0 Å². The standard InChI is InChI=1S/C53H52N8O11/c1-30(62)12-13-54-48(63)25-57-49(64)26-58-50(65)27-59-51(66)35-15-31(28-71-46-21-40-38(19-44(46)69-2)52(67)60-36(23-55-40)17-33-8-4-6-10-42(33)60)14-32(16-35)29-72-47-22-41-39(20-45(47)70-3)53(68)61-37(24-56-41)18-34-9-5-7-11-43(34)61/h4-11,14-16,19-23,36-37,56H,12-13,17-18,24-29H2,1-3H3,(H,54,63)(H,57,64)(H,58,65)(H,59,66)/t36-,37-/m0/s1. The number of hydrogen-bond donors (Lipinski definition) is 5. The smallest absolute Gasteiger partial charge is 0.261 e. The molecule has 5 N–H and O–H groups in total. The highest BCUT2D eigenvalue weighted by molar-refractivity contribution is 6.15. The summed E-state index contributed by atoms with van der Waals surface area (Å²) < 4.78 is 24.2. The highest BCUT2D eigenvalue weighted by Gasteiger charge is 2.39. The highest BCUT2D eigenvalue weighted by atomic mass is 16.5. The summed E-state index contributed by atoms with van der Waals surface area (Å²) in [6.07, 6.45) is 3.28. The molecule has 0 aliphatic carbocycles. The largest absolute Gasteiger partial charge is 0.493 e. The average Bonchev–Trinajstić information content (AvgIpc) is 3.88. The van der Waals surface area contributed by atoms with Gasteiger partial charge in [0, 0.05) is 61.2 Å². The summed E-state index contributed by atoms with van der Waals surface area (Å²) in [4.78, 5) is 98.3. The zero-order valence-electron chi connectivity index (χ0n) is 39.8. The number of rotatable bonds is 18. The fourth-order valence-electron chi connectivity index (χ4n) is 9.17. The lowest BCUT2D eigenvalue weighted by molar-refractivity contribution is -0.127. The first-order valence-corrected chi connectivity index (χ1v) is 23.4. The van der Waals surface area contributed by atoms with Crippen molar-refractivity contribution in [2.45, 2.75) is 51.5 Å². The van der Waals surface area contributed by atoms with Crippen LogP contribution in [-0.4, -0.2) is 106 Å². The first kappa shape index (κ1) is 48.3. The number of carbonyl (C=O) groups excluding carboxylic acids is 7. The van der Waals surface area contributed by atoms with Gasteiger partial charge in [-0.05, 0) is 78.1 Å². The maximum atomic E-state index is 14.1. The monoisotopic (exact) mass is 976 g/mol. The van der Waals surface area contributed by atoms with Crippen LogP contribution in [0, 0.1) is 0 Å². The Hall–Kier alpha value is -8.74. The number of aliphatic imine (C=N–C) groups is 1. The molecule has 0 unspecified atom stereocenters. The summed E-state index contributed by atoms with van der Waals surface area (Å²) in [7, 11) is 2.96. The minimum absolute atomic E-state index is 0.0660. The summed E-state index contributed by atoms with van der Waals surface area (Å²) in [6.45, 7) is 0.626. The third kappa shape index (κ3) is 10.4. The van der Waals surface area contributed by atoms with E-state index < -0.39 is 36.7 Å². The van der Waals surface area contributed by atoms with Gasteiger partial charge in [-0.1, -0.05) is 36.4 Å². The van der Waals surface area contributed by atoms with Crippen LogP contribution in [0.1, 0.15) is 66.7 Å². The van der Waals surface area contributed by atoms with Gasteiger partial charge in [0.05, 0.1) is 68.4 Å². The van der Waals surface area contributed by atoms with Gasteiger partial charge in [0.1, 0.15) is 19.0 Å². The molecule has 19 nitrogen and oxygen atoms in total. The molecule has 4 aliphatic heterocycles. The second-order valence-corrected chi connectivity index (χ2v) is 17.6. The van der Waals surface area contributed by atoms with Crippen LogP contribution in [0.2, 0.25) is 0 Å². The van der Waals surface area contributed by atoms with Crippen molar-refractivity contribution in [2.75, 3.05) is 62.1 Å². The van der Waals surface area contributed by atoms with Crippen molar-refractivity contribution < 1.29 is 52.5 Å². The van der Waals surface area contributed by atoms with Crippen molar-refractivity contribution in [3.8, 4) is 23.0 Å². The van der Waals surface area contributed by atoms with Gasteiger partial charge in [0.15, 0.2) is 23.0 Å². The number of nitrogens with one attached hydrogen (secondary N) is 5. The Bertz CT molecular complexity index is 3050. The van der Waals surface area contributed by atoms with Gasteiger partial charge in [-0.25, -0.2) is 0 Å². The number of para-hydroxylation sites is 2. The molecule has 0 radical (unpaired) electrons. The predicted octanol–water partition coefficient (Wildman–Crippen LogP) is 4.20. The van der Waals surface area contributed by atoms with Crippen molar-refractivity contribution in [1.29, 1.82) is 0 Å². The minimum Gasteiger partial charge on any atom is -0.493 e. The normalized spacial score (nSPS) is 15.7. The Morgan fingerprint density at radius 1 is 0.653 bits per heavy atom. The van der Waals surface area contributed by atoms with Crippen LogP contribution in [0.3, 0.4) is 0 Å². The van der Waals surface area contributed by atoms with Crippen LogP contribution in [0.4, 0.5) is 22.7 Å². The lowest BCUT2D eigenvalue weighted by Gasteiger charge is -2.22. The van der Waals surface area contributed by atoms with Gasteiger partial charge in [-0.15, -0.1) is 0 Å². The van der Waals surface area contributed by atoms with E-state index in [9.17, 15) is 33.6 Å². The summed E-state index contributed by atoms with van der Waals surface area (Å²) in [6, 6.07) is 26.9. The van der Waals surface area contributed by atoms with Crippen molar-refractivity contribution in [2.24, 2.45) is 4.99 Å². The molecular formula is C53H52N8O11. The molecule has 5 aromatic rings. The second-order valence-electron chi connectivity index (χ2n) is 17.6. The fraction of sp³-hybridized carbons (Fsp3) is 0.283. The first-order chi connectivity index (χ1) is 34.9. The van der Waals surface area contributed by atoms with Gasteiger partial charge in [0.25, 0.3) is 17.7 Å². The number of Topliss-reactive ketones (excluding diaryl/α,β-unsaturated/α-hetero) is 1. The van der Waals surface area contributed by atoms with Crippen LogP contribution in [0.25, 0.3) is 0 Å². The molecule has 0 aromatic heterocycles. The number of ketones is 1. The Labute approximate surface area is 414 Å². The van der Waals surface area contributed by atoms with E-state index in [2.05, 4.69) is 26.6 Å². The van der Waals surface area contributed by atoms with E-state index in [0.717, 1.165) is 28.9 Å². The number of anilines is 3. The van der Waals surface area contributed by atoms with Crippen molar-refractivity contribution in [3.63, 3.8) is 0 Å². The van der Waals surface area contributed by atoms with E-state index in [4.69, 9.17) is 23.9 Å². The summed E-state index contributed by atoms with van der Waals surface area (Å²) in [5.74, 6) is -1.63. The number of fused-ring (bicyclic) bond motifs is 8. The Balaban J connectivity index is 0.916. The maximum Gasteiger partial charge on any atom is 0.261 e. The first-order valence-electron chi connectivity index (χ1n) is 23.4. The molecule has 72 heavy (non-hydrogen) atoms. The molecule has 4 aliphatic rings. The minimum atomic E-state index is -0.666. The molecule has 2 atom stereocenters. The van der Waals surface area contributed by atoms with Crippen LogP contribution in [0.5, 0.6) is 23.0 Å². The van der Waals surface area contributed by atoms with E-state index in [-0.39, 0.29) is 68.0 Å². The molecule has 6 amide bonds. The number of methoxy groups -OCH3 is 2. The van der Waals surface area contributed by atoms with Gasteiger partial charge in [0.2, 0.25) is 17.7 Å². The van der Waals surface area contributed by atoms with Crippen molar-refractivity contribution in [1.82, 2.24) is 21.3 Å². The summed E-state index contributed by atoms with van der Waals surface area (Å²) in [5.41, 5.74) is 6.87.